The number of hydrogen-bond donors (Lipinski definition) is 0. The van der Waals surface area contributed by atoms with Crippen molar-refractivity contribution >= 4 is 27.3 Å². The van der Waals surface area contributed by atoms with Crippen LogP contribution in [0.25, 0.3) is 0 Å². The second-order valence-electron chi connectivity index (χ2n) is 3.27. The standard InChI is InChI=1S/C12H10BrFS/c13-11(8-9-4-3-7-15-9)10-5-1-2-6-12(10)14/h1-7,11H,8H2. The van der Waals surface area contributed by atoms with Crippen LogP contribution in [0, 0.1) is 5.82 Å². The molecule has 1 aromatic heterocycles. The topological polar surface area (TPSA) is 0 Å². The summed E-state index contributed by atoms with van der Waals surface area (Å²) < 4.78 is 13.4. The van der Waals surface area contributed by atoms with Crippen molar-refractivity contribution in [2.45, 2.75) is 11.2 Å². The molecule has 78 valence electrons. The van der Waals surface area contributed by atoms with E-state index in [1.54, 1.807) is 17.4 Å². The highest BCUT2D eigenvalue weighted by atomic mass is 79.9. The minimum absolute atomic E-state index is 0.0531. The predicted octanol–water partition coefficient (Wildman–Crippen LogP) is 4.57. The summed E-state index contributed by atoms with van der Waals surface area (Å²) >= 11 is 5.22. The second-order valence-corrected chi connectivity index (χ2v) is 5.41. The van der Waals surface area contributed by atoms with Gasteiger partial charge >= 0.3 is 0 Å². The number of halogens is 2. The average Bonchev–Trinajstić information content (AvgIpc) is 2.71. The van der Waals surface area contributed by atoms with Crippen LogP contribution in [-0.4, -0.2) is 0 Å². The fraction of sp³-hybridized carbons (Fsp3) is 0.167. The highest BCUT2D eigenvalue weighted by Crippen LogP contribution is 2.30. The zero-order valence-electron chi connectivity index (χ0n) is 7.99. The highest BCUT2D eigenvalue weighted by Gasteiger charge is 2.12. The van der Waals surface area contributed by atoms with Gasteiger partial charge in [-0.15, -0.1) is 11.3 Å². The van der Waals surface area contributed by atoms with Crippen molar-refractivity contribution < 1.29 is 4.39 Å². The van der Waals surface area contributed by atoms with E-state index in [1.165, 1.54) is 10.9 Å². The third-order valence-electron chi connectivity index (χ3n) is 2.20. The Kier molecular flexibility index (Phi) is 3.54. The van der Waals surface area contributed by atoms with Gasteiger partial charge in [0.1, 0.15) is 5.82 Å². The van der Waals surface area contributed by atoms with Gasteiger partial charge in [0, 0.05) is 15.3 Å². The van der Waals surface area contributed by atoms with E-state index < -0.39 is 0 Å². The van der Waals surface area contributed by atoms with Crippen LogP contribution in [-0.2, 0) is 6.42 Å². The summed E-state index contributed by atoms with van der Waals surface area (Å²) in [5, 5.41) is 2.04. The molecule has 0 N–H and O–H groups in total. The van der Waals surface area contributed by atoms with E-state index in [1.807, 2.05) is 23.6 Å². The van der Waals surface area contributed by atoms with Crippen LogP contribution in [0.5, 0.6) is 0 Å². The van der Waals surface area contributed by atoms with Gasteiger partial charge in [0.05, 0.1) is 0 Å². The molecule has 0 amide bonds. The van der Waals surface area contributed by atoms with Gasteiger partial charge < -0.3 is 0 Å². The third-order valence-corrected chi connectivity index (χ3v) is 3.92. The van der Waals surface area contributed by atoms with Crippen LogP contribution < -0.4 is 0 Å². The number of rotatable bonds is 3. The van der Waals surface area contributed by atoms with E-state index in [0.717, 1.165) is 12.0 Å². The van der Waals surface area contributed by atoms with Crippen molar-refractivity contribution in [2.75, 3.05) is 0 Å². The van der Waals surface area contributed by atoms with Crippen molar-refractivity contribution in [3.63, 3.8) is 0 Å². The Morgan fingerprint density at radius 1 is 1.20 bits per heavy atom. The van der Waals surface area contributed by atoms with E-state index in [4.69, 9.17) is 0 Å². The first-order valence-corrected chi connectivity index (χ1v) is 6.48. The molecular formula is C12H10BrFS. The molecule has 1 atom stereocenters. The Hall–Kier alpha value is -0.670. The maximum Gasteiger partial charge on any atom is 0.127 e. The highest BCUT2D eigenvalue weighted by molar-refractivity contribution is 9.09. The minimum Gasteiger partial charge on any atom is -0.207 e. The van der Waals surface area contributed by atoms with Gasteiger partial charge in [-0.2, -0.15) is 0 Å². The average molecular weight is 285 g/mol. The Morgan fingerprint density at radius 3 is 2.67 bits per heavy atom. The molecule has 0 aliphatic carbocycles. The quantitative estimate of drug-likeness (QED) is 0.725. The molecule has 0 nitrogen and oxygen atoms in total. The van der Waals surface area contributed by atoms with Gasteiger partial charge in [0.15, 0.2) is 0 Å². The number of hydrogen-bond acceptors (Lipinski definition) is 1. The Bertz CT molecular complexity index is 425. The molecule has 0 bridgehead atoms. The third kappa shape index (κ3) is 2.67. The first-order chi connectivity index (χ1) is 7.27. The van der Waals surface area contributed by atoms with Gasteiger partial charge in [-0.05, 0) is 23.9 Å². The van der Waals surface area contributed by atoms with E-state index >= 15 is 0 Å². The zero-order valence-corrected chi connectivity index (χ0v) is 10.4. The largest absolute Gasteiger partial charge is 0.207 e. The molecule has 1 heterocycles. The number of thiophene rings is 1. The molecule has 1 unspecified atom stereocenters. The van der Waals surface area contributed by atoms with E-state index in [0.29, 0.717) is 0 Å². The Morgan fingerprint density at radius 2 is 2.00 bits per heavy atom. The van der Waals surface area contributed by atoms with Crippen LogP contribution in [0.1, 0.15) is 15.3 Å². The Labute approximate surface area is 101 Å². The molecule has 0 fully saturated rings. The summed E-state index contributed by atoms with van der Waals surface area (Å²) in [7, 11) is 0. The molecule has 0 aliphatic rings. The van der Waals surface area contributed by atoms with Crippen LogP contribution in [0.3, 0.4) is 0 Å². The smallest absolute Gasteiger partial charge is 0.127 e. The Balaban J connectivity index is 2.15. The van der Waals surface area contributed by atoms with Crippen molar-refractivity contribution in [1.82, 2.24) is 0 Å². The van der Waals surface area contributed by atoms with Crippen LogP contribution in [0.15, 0.2) is 41.8 Å². The van der Waals surface area contributed by atoms with Crippen LogP contribution >= 0.6 is 27.3 Å². The van der Waals surface area contributed by atoms with E-state index in [9.17, 15) is 4.39 Å². The molecule has 0 radical (unpaired) electrons. The molecule has 1 aromatic carbocycles. The monoisotopic (exact) mass is 284 g/mol. The minimum atomic E-state index is -0.143. The van der Waals surface area contributed by atoms with Gasteiger partial charge in [0.2, 0.25) is 0 Å². The molecule has 0 aliphatic heterocycles. The lowest BCUT2D eigenvalue weighted by Gasteiger charge is -2.09. The number of benzene rings is 1. The molecule has 0 saturated heterocycles. The SMILES string of the molecule is Fc1ccccc1C(Br)Cc1cccs1. The van der Waals surface area contributed by atoms with Crippen molar-refractivity contribution in [1.29, 1.82) is 0 Å². The summed E-state index contributed by atoms with van der Waals surface area (Å²) in [6, 6.07) is 11.0. The van der Waals surface area contributed by atoms with Gasteiger partial charge in [-0.1, -0.05) is 40.2 Å². The zero-order chi connectivity index (χ0) is 10.7. The second kappa shape index (κ2) is 4.90. The van der Waals surface area contributed by atoms with Gasteiger partial charge in [-0.25, -0.2) is 4.39 Å². The molecule has 0 spiro atoms. The summed E-state index contributed by atoms with van der Waals surface area (Å²) in [5.41, 5.74) is 0.728. The van der Waals surface area contributed by atoms with Crippen LogP contribution in [0.2, 0.25) is 0 Å². The molecule has 2 rings (SSSR count). The number of alkyl halides is 1. The first kappa shape index (κ1) is 10.8. The van der Waals surface area contributed by atoms with Gasteiger partial charge in [-0.3, -0.25) is 0 Å². The lowest BCUT2D eigenvalue weighted by molar-refractivity contribution is 0.608. The summed E-state index contributed by atoms with van der Waals surface area (Å²) in [5.74, 6) is -0.143. The van der Waals surface area contributed by atoms with E-state index in [2.05, 4.69) is 22.0 Å². The first-order valence-electron chi connectivity index (χ1n) is 4.68. The normalized spacial score (nSPS) is 12.7. The summed E-state index contributed by atoms with van der Waals surface area (Å²) in [6.45, 7) is 0. The van der Waals surface area contributed by atoms with E-state index in [-0.39, 0.29) is 10.6 Å². The summed E-state index contributed by atoms with van der Waals surface area (Å²) in [6.07, 6.45) is 0.832. The molecule has 0 saturated carbocycles. The molecular weight excluding hydrogens is 275 g/mol. The van der Waals surface area contributed by atoms with Crippen molar-refractivity contribution in [3.8, 4) is 0 Å². The lowest BCUT2D eigenvalue weighted by Crippen LogP contribution is -1.96. The molecule has 15 heavy (non-hydrogen) atoms. The van der Waals surface area contributed by atoms with Crippen molar-refractivity contribution in [2.24, 2.45) is 0 Å². The van der Waals surface area contributed by atoms with Gasteiger partial charge in [0.25, 0.3) is 0 Å². The molecule has 3 heteroatoms. The summed E-state index contributed by atoms with van der Waals surface area (Å²) in [4.78, 5) is 1.32. The lowest BCUT2D eigenvalue weighted by atomic mass is 10.1. The fourth-order valence-corrected chi connectivity index (χ4v) is 3.13. The van der Waals surface area contributed by atoms with Crippen LogP contribution in [0.4, 0.5) is 4.39 Å². The van der Waals surface area contributed by atoms with Crippen molar-refractivity contribution in [3.05, 3.63) is 58.0 Å². The molecule has 2 aromatic rings. The maximum absolute atomic E-state index is 13.4. The maximum atomic E-state index is 13.4. The predicted molar refractivity (Wildman–Crippen MR) is 66.1 cm³/mol. The fourth-order valence-electron chi connectivity index (χ4n) is 1.44.